The van der Waals surface area contributed by atoms with Gasteiger partial charge in [0.15, 0.2) is 0 Å². The first-order valence-corrected chi connectivity index (χ1v) is 9.27. The van der Waals surface area contributed by atoms with Crippen LogP contribution < -0.4 is 10.6 Å². The Morgan fingerprint density at radius 2 is 2.15 bits per heavy atom. The lowest BCUT2D eigenvalue weighted by molar-refractivity contribution is -0.122. The number of fused-ring (bicyclic) bond motifs is 1. The maximum atomic E-state index is 13.6. The largest absolute Gasteiger partial charge is 0.348 e. The van der Waals surface area contributed by atoms with Gasteiger partial charge in [-0.3, -0.25) is 4.79 Å². The molecule has 3 aliphatic rings. The smallest absolute Gasteiger partial charge is 0.340 e. The summed E-state index contributed by atoms with van der Waals surface area (Å²) in [5.41, 5.74) is 8.43. The van der Waals surface area contributed by atoms with Gasteiger partial charge in [0, 0.05) is 17.0 Å². The summed E-state index contributed by atoms with van der Waals surface area (Å²) in [5.74, 6) is -0.432. The number of nitrogens with one attached hydrogen (secondary N) is 3. The molecule has 0 unspecified atom stereocenters. The fourth-order valence-corrected chi connectivity index (χ4v) is 4.06. The second kappa shape index (κ2) is 7.42. The summed E-state index contributed by atoms with van der Waals surface area (Å²) in [7, 11) is 0. The SMILES string of the molecule is Cc1cc([C@H](C)NC(=O)CN(N=N)C(=O)NC23CC(C2)[C@@H](F)C3)ccc1Cl. The van der Waals surface area contributed by atoms with Crippen molar-refractivity contribution in [1.82, 2.24) is 15.6 Å². The average molecular weight is 396 g/mol. The van der Waals surface area contributed by atoms with Crippen LogP contribution in [0.25, 0.3) is 0 Å². The van der Waals surface area contributed by atoms with Crippen molar-refractivity contribution in [1.29, 1.82) is 5.53 Å². The van der Waals surface area contributed by atoms with Gasteiger partial charge in [0.1, 0.15) is 12.7 Å². The standard InChI is InChI=1S/C18H23ClFN5O2/c1-10-5-12(3-4-14(10)19)11(2)22-16(26)9-25(24-21)17(27)23-18-6-13(7-18)15(20)8-18/h3-5,11,13,15,21H,6-9H2,1-2H3,(H,22,26)(H,23,27)/t11-,13?,15-,18?/m0/s1. The van der Waals surface area contributed by atoms with Gasteiger partial charge in [0.05, 0.1) is 6.04 Å². The predicted octanol–water partition coefficient (Wildman–Crippen LogP) is 3.67. The van der Waals surface area contributed by atoms with Crippen LogP contribution in [0.2, 0.25) is 5.02 Å². The molecule has 0 spiro atoms. The molecule has 0 heterocycles. The highest BCUT2D eigenvalue weighted by molar-refractivity contribution is 6.31. The topological polar surface area (TPSA) is 97.7 Å². The second-order valence-corrected chi connectivity index (χ2v) is 7.96. The van der Waals surface area contributed by atoms with E-state index in [0.29, 0.717) is 17.9 Å². The highest BCUT2D eigenvalue weighted by atomic mass is 35.5. The number of carbonyl (C=O) groups is 2. The molecule has 3 fully saturated rings. The van der Waals surface area contributed by atoms with Crippen LogP contribution in [-0.2, 0) is 4.79 Å². The van der Waals surface area contributed by atoms with Gasteiger partial charge in [-0.2, -0.15) is 10.5 Å². The lowest BCUT2D eigenvalue weighted by Gasteiger charge is -2.39. The molecular formula is C18H23ClFN5O2. The van der Waals surface area contributed by atoms with Gasteiger partial charge >= 0.3 is 6.03 Å². The van der Waals surface area contributed by atoms with Crippen LogP contribution >= 0.6 is 11.6 Å². The maximum Gasteiger partial charge on any atom is 0.340 e. The van der Waals surface area contributed by atoms with Gasteiger partial charge in [-0.15, -0.1) is 0 Å². The molecule has 2 bridgehead atoms. The van der Waals surface area contributed by atoms with Gasteiger partial charge in [0.25, 0.3) is 0 Å². The Hall–Kier alpha value is -2.22. The van der Waals surface area contributed by atoms with E-state index < -0.39 is 23.6 Å². The van der Waals surface area contributed by atoms with Crippen molar-refractivity contribution in [3.8, 4) is 0 Å². The van der Waals surface area contributed by atoms with E-state index in [0.717, 1.165) is 16.1 Å². The number of urea groups is 1. The lowest BCUT2D eigenvalue weighted by Crippen LogP contribution is -2.55. The molecule has 3 amide bonds. The third-order valence-electron chi connectivity index (χ3n) is 5.48. The van der Waals surface area contributed by atoms with Crippen molar-refractivity contribution in [3.63, 3.8) is 0 Å². The number of alkyl halides is 1. The maximum absolute atomic E-state index is 13.6. The van der Waals surface area contributed by atoms with Crippen molar-refractivity contribution in [2.45, 2.75) is 50.9 Å². The normalized spacial score (nSPS) is 26.7. The molecule has 146 valence electrons. The number of nitrogens with zero attached hydrogens (tertiary/aromatic N) is 2. The Morgan fingerprint density at radius 3 is 2.70 bits per heavy atom. The summed E-state index contributed by atoms with van der Waals surface area (Å²) in [5, 5.41) is 10.1. The Labute approximate surface area is 162 Å². The van der Waals surface area contributed by atoms with Crippen molar-refractivity contribution in [2.75, 3.05) is 6.54 Å². The van der Waals surface area contributed by atoms with E-state index in [-0.39, 0.29) is 24.9 Å². The summed E-state index contributed by atoms with van der Waals surface area (Å²) in [6.45, 7) is 3.31. The van der Waals surface area contributed by atoms with E-state index in [2.05, 4.69) is 15.9 Å². The van der Waals surface area contributed by atoms with Crippen LogP contribution in [0.15, 0.2) is 23.4 Å². The van der Waals surface area contributed by atoms with Crippen LogP contribution in [0.5, 0.6) is 0 Å². The minimum atomic E-state index is -0.890. The number of carbonyl (C=O) groups excluding carboxylic acids is 2. The molecule has 0 aromatic heterocycles. The molecule has 2 atom stereocenters. The second-order valence-electron chi connectivity index (χ2n) is 7.55. The third-order valence-corrected chi connectivity index (χ3v) is 5.91. The Kier molecular flexibility index (Phi) is 5.37. The van der Waals surface area contributed by atoms with E-state index in [1.54, 1.807) is 6.07 Å². The molecule has 3 N–H and O–H groups in total. The number of benzene rings is 1. The van der Waals surface area contributed by atoms with Gasteiger partial charge in [-0.05, 0) is 49.8 Å². The van der Waals surface area contributed by atoms with E-state index in [1.165, 1.54) is 0 Å². The first-order chi connectivity index (χ1) is 12.7. The first kappa shape index (κ1) is 19.5. The highest BCUT2D eigenvalue weighted by Gasteiger charge is 2.57. The first-order valence-electron chi connectivity index (χ1n) is 8.89. The summed E-state index contributed by atoms with van der Waals surface area (Å²) >= 11 is 6.01. The molecule has 3 saturated carbocycles. The Morgan fingerprint density at radius 1 is 1.44 bits per heavy atom. The minimum Gasteiger partial charge on any atom is -0.348 e. The van der Waals surface area contributed by atoms with Gasteiger partial charge in [-0.25, -0.2) is 9.18 Å². The predicted molar refractivity (Wildman–Crippen MR) is 98.1 cm³/mol. The van der Waals surface area contributed by atoms with E-state index >= 15 is 0 Å². The van der Waals surface area contributed by atoms with Crippen LogP contribution in [-0.4, -0.2) is 35.2 Å². The van der Waals surface area contributed by atoms with E-state index in [9.17, 15) is 14.0 Å². The summed E-state index contributed by atoms with van der Waals surface area (Å²) < 4.78 is 13.6. The molecule has 1 aromatic rings. The number of hydrogen-bond donors (Lipinski definition) is 3. The number of halogens is 2. The molecule has 7 nitrogen and oxygen atoms in total. The molecule has 9 heteroatoms. The van der Waals surface area contributed by atoms with Gasteiger partial charge < -0.3 is 10.6 Å². The molecule has 1 aromatic carbocycles. The Bertz CT molecular complexity index is 768. The van der Waals surface area contributed by atoms with Crippen molar-refractivity contribution >= 4 is 23.5 Å². The Balaban J connectivity index is 1.54. The quantitative estimate of drug-likeness (QED) is 0.506. The lowest BCUT2D eigenvalue weighted by atomic mass is 9.77. The minimum absolute atomic E-state index is 0.0127. The van der Waals surface area contributed by atoms with Crippen LogP contribution in [0.4, 0.5) is 9.18 Å². The number of aryl methyl sites for hydroxylation is 1. The third kappa shape index (κ3) is 4.05. The van der Waals surface area contributed by atoms with E-state index in [4.69, 9.17) is 17.1 Å². The number of amides is 3. The van der Waals surface area contributed by atoms with Crippen LogP contribution in [0.3, 0.4) is 0 Å². The monoisotopic (exact) mass is 395 g/mol. The fraction of sp³-hybridized carbons (Fsp3) is 0.556. The molecule has 3 aliphatic carbocycles. The van der Waals surface area contributed by atoms with Crippen molar-refractivity contribution < 1.29 is 14.0 Å². The molecular weight excluding hydrogens is 373 g/mol. The van der Waals surface area contributed by atoms with Crippen molar-refractivity contribution in [2.24, 2.45) is 11.1 Å². The number of hydrogen-bond acceptors (Lipinski definition) is 4. The zero-order valence-corrected chi connectivity index (χ0v) is 16.0. The zero-order chi connectivity index (χ0) is 19.8. The average Bonchev–Trinajstić information content (AvgIpc) is 3.06. The summed E-state index contributed by atoms with van der Waals surface area (Å²) in [6.07, 6.45) is 0.600. The van der Waals surface area contributed by atoms with Crippen LogP contribution in [0.1, 0.15) is 43.4 Å². The molecule has 4 rings (SSSR count). The molecule has 0 radical (unpaired) electrons. The zero-order valence-electron chi connectivity index (χ0n) is 15.3. The summed E-state index contributed by atoms with van der Waals surface area (Å²) in [4.78, 5) is 24.6. The molecule has 27 heavy (non-hydrogen) atoms. The van der Waals surface area contributed by atoms with Crippen molar-refractivity contribution in [3.05, 3.63) is 34.3 Å². The van der Waals surface area contributed by atoms with E-state index in [1.807, 2.05) is 26.0 Å². The number of rotatable bonds is 6. The van der Waals surface area contributed by atoms with Gasteiger partial charge in [0.2, 0.25) is 5.91 Å². The molecule has 0 aliphatic heterocycles. The van der Waals surface area contributed by atoms with Gasteiger partial charge in [-0.1, -0.05) is 29.0 Å². The highest BCUT2D eigenvalue weighted by Crippen LogP contribution is 2.53. The van der Waals surface area contributed by atoms with Crippen LogP contribution in [0, 0.1) is 18.4 Å². The summed E-state index contributed by atoms with van der Waals surface area (Å²) in [6, 6.07) is 4.52. The fourth-order valence-electron chi connectivity index (χ4n) is 3.95. The molecule has 0 saturated heterocycles.